The van der Waals surface area contributed by atoms with Gasteiger partial charge in [0.15, 0.2) is 5.65 Å². The van der Waals surface area contributed by atoms with Crippen molar-refractivity contribution in [1.82, 2.24) is 24.8 Å². The number of aromatic nitrogens is 3. The second-order valence-corrected chi connectivity index (χ2v) is 7.85. The molecule has 2 amide bonds. The number of nitrogens with zero attached hydrogens (tertiary/aromatic N) is 4. The summed E-state index contributed by atoms with van der Waals surface area (Å²) in [5.41, 5.74) is 9.65. The van der Waals surface area contributed by atoms with Crippen molar-refractivity contribution < 1.29 is 14.3 Å². The van der Waals surface area contributed by atoms with E-state index < -0.39 is 0 Å². The molecule has 0 aliphatic carbocycles. The molecule has 1 aliphatic heterocycles. The standard InChI is InChI=1S/C24H29N7O3/c1-2-34-24(33)30-15-10-17(11-16-30)20-5-3-14-31-21(20)28-23(29-31)27-19-8-6-18(7-9-19)22(32)26-13-4-12-25/h3,5-10,14H,2,4,11-13,15-16,25H2,1H3,(H,26,32)(H,27,29). The molecule has 4 N–H and O–H groups in total. The fraction of sp³-hybridized carbons (Fsp3) is 0.333. The molecule has 2 aromatic heterocycles. The van der Waals surface area contributed by atoms with E-state index in [1.54, 1.807) is 28.5 Å². The first-order chi connectivity index (χ1) is 16.6. The Morgan fingerprint density at radius 1 is 1.21 bits per heavy atom. The first kappa shape index (κ1) is 23.2. The van der Waals surface area contributed by atoms with E-state index in [1.807, 2.05) is 36.5 Å². The molecule has 3 heterocycles. The van der Waals surface area contributed by atoms with E-state index in [-0.39, 0.29) is 12.0 Å². The molecule has 1 aromatic carbocycles. The van der Waals surface area contributed by atoms with Crippen molar-refractivity contribution >= 4 is 34.9 Å². The second kappa shape index (κ2) is 10.8. The van der Waals surface area contributed by atoms with Gasteiger partial charge in [0.25, 0.3) is 5.91 Å². The number of nitrogens with two attached hydrogens (primary N) is 1. The lowest BCUT2D eigenvalue weighted by Gasteiger charge is -2.25. The minimum absolute atomic E-state index is 0.127. The Morgan fingerprint density at radius 2 is 2.03 bits per heavy atom. The van der Waals surface area contributed by atoms with Gasteiger partial charge in [0.05, 0.1) is 6.61 Å². The van der Waals surface area contributed by atoms with Crippen LogP contribution in [0, 0.1) is 0 Å². The number of carbonyl (C=O) groups is 2. The zero-order chi connectivity index (χ0) is 23.9. The maximum absolute atomic E-state index is 12.2. The van der Waals surface area contributed by atoms with Gasteiger partial charge in [0, 0.05) is 42.6 Å². The van der Waals surface area contributed by atoms with Crippen LogP contribution in [-0.2, 0) is 4.74 Å². The molecular formula is C24H29N7O3. The number of hydrogen-bond donors (Lipinski definition) is 3. The van der Waals surface area contributed by atoms with Crippen molar-refractivity contribution in [2.75, 3.05) is 38.1 Å². The van der Waals surface area contributed by atoms with Crippen LogP contribution >= 0.6 is 0 Å². The molecule has 0 saturated heterocycles. The molecule has 0 spiro atoms. The normalized spacial score (nSPS) is 13.5. The van der Waals surface area contributed by atoms with E-state index in [1.165, 1.54) is 0 Å². The number of ether oxygens (including phenoxy) is 1. The van der Waals surface area contributed by atoms with Gasteiger partial charge < -0.3 is 26.0 Å². The van der Waals surface area contributed by atoms with Gasteiger partial charge in [-0.1, -0.05) is 6.08 Å². The fourth-order valence-electron chi connectivity index (χ4n) is 3.74. The van der Waals surface area contributed by atoms with Crippen LogP contribution in [0.3, 0.4) is 0 Å². The van der Waals surface area contributed by atoms with E-state index >= 15 is 0 Å². The summed E-state index contributed by atoms with van der Waals surface area (Å²) in [6, 6.07) is 11.1. The van der Waals surface area contributed by atoms with Gasteiger partial charge in [-0.05, 0) is 68.3 Å². The number of amides is 2. The van der Waals surface area contributed by atoms with Crippen molar-refractivity contribution in [2.45, 2.75) is 19.8 Å². The quantitative estimate of drug-likeness (QED) is 0.438. The summed E-state index contributed by atoms with van der Waals surface area (Å²) < 4.78 is 6.82. The van der Waals surface area contributed by atoms with Crippen LogP contribution in [0.15, 0.2) is 48.7 Å². The molecule has 10 nitrogen and oxygen atoms in total. The Labute approximate surface area is 197 Å². The Bertz CT molecular complexity index is 1190. The number of anilines is 2. The third-order valence-corrected chi connectivity index (χ3v) is 5.51. The van der Waals surface area contributed by atoms with Crippen LogP contribution in [0.4, 0.5) is 16.4 Å². The lowest BCUT2D eigenvalue weighted by atomic mass is 10.0. The van der Waals surface area contributed by atoms with Gasteiger partial charge in [-0.15, -0.1) is 5.10 Å². The van der Waals surface area contributed by atoms with E-state index in [9.17, 15) is 9.59 Å². The third-order valence-electron chi connectivity index (χ3n) is 5.51. The monoisotopic (exact) mass is 463 g/mol. The average Bonchev–Trinajstić information content (AvgIpc) is 3.27. The molecule has 0 unspecified atom stereocenters. The lowest BCUT2D eigenvalue weighted by molar-refractivity contribution is 0.0953. The van der Waals surface area contributed by atoms with Crippen LogP contribution in [0.25, 0.3) is 11.2 Å². The molecule has 0 radical (unpaired) electrons. The summed E-state index contributed by atoms with van der Waals surface area (Å²) in [4.78, 5) is 30.5. The van der Waals surface area contributed by atoms with Gasteiger partial charge in [0.1, 0.15) is 0 Å². The summed E-state index contributed by atoms with van der Waals surface area (Å²) in [6.07, 6.45) is 5.05. The topological polar surface area (TPSA) is 127 Å². The van der Waals surface area contributed by atoms with Gasteiger partial charge in [-0.3, -0.25) is 4.79 Å². The molecular weight excluding hydrogens is 434 g/mol. The molecule has 0 fully saturated rings. The molecule has 0 saturated carbocycles. The maximum atomic E-state index is 12.2. The molecule has 4 rings (SSSR count). The van der Waals surface area contributed by atoms with Gasteiger partial charge in [-0.2, -0.15) is 4.98 Å². The van der Waals surface area contributed by atoms with E-state index in [0.29, 0.717) is 50.7 Å². The number of hydrogen-bond acceptors (Lipinski definition) is 7. The molecule has 3 aromatic rings. The molecule has 10 heteroatoms. The molecule has 1 aliphatic rings. The van der Waals surface area contributed by atoms with Crippen molar-refractivity contribution in [3.05, 3.63) is 59.8 Å². The maximum Gasteiger partial charge on any atom is 0.410 e. The van der Waals surface area contributed by atoms with Gasteiger partial charge >= 0.3 is 6.09 Å². The second-order valence-electron chi connectivity index (χ2n) is 7.85. The summed E-state index contributed by atoms with van der Waals surface area (Å²) in [6.45, 7) is 4.36. The number of nitrogens with one attached hydrogen (secondary N) is 2. The fourth-order valence-corrected chi connectivity index (χ4v) is 3.74. The lowest BCUT2D eigenvalue weighted by Crippen LogP contribution is -2.35. The summed E-state index contributed by atoms with van der Waals surface area (Å²) >= 11 is 0. The minimum Gasteiger partial charge on any atom is -0.450 e. The highest BCUT2D eigenvalue weighted by atomic mass is 16.6. The summed E-state index contributed by atoms with van der Waals surface area (Å²) in [5, 5.41) is 10.6. The van der Waals surface area contributed by atoms with Gasteiger partial charge in [0.2, 0.25) is 5.95 Å². The van der Waals surface area contributed by atoms with Crippen LogP contribution in [0.1, 0.15) is 35.7 Å². The van der Waals surface area contributed by atoms with E-state index in [2.05, 4.69) is 20.7 Å². The molecule has 0 atom stereocenters. The number of benzene rings is 1. The Kier molecular flexibility index (Phi) is 7.38. The zero-order valence-corrected chi connectivity index (χ0v) is 19.2. The SMILES string of the molecule is CCOC(=O)N1CC=C(c2cccn3nc(Nc4ccc(C(=O)NCCCN)cc4)nc23)CC1. The Morgan fingerprint density at radius 3 is 2.74 bits per heavy atom. The summed E-state index contributed by atoms with van der Waals surface area (Å²) in [7, 11) is 0. The highest BCUT2D eigenvalue weighted by Crippen LogP contribution is 2.26. The van der Waals surface area contributed by atoms with Crippen molar-refractivity contribution in [3.8, 4) is 0 Å². The minimum atomic E-state index is -0.288. The first-order valence-corrected chi connectivity index (χ1v) is 11.4. The number of pyridine rings is 1. The molecule has 0 bridgehead atoms. The van der Waals surface area contributed by atoms with Crippen molar-refractivity contribution in [1.29, 1.82) is 0 Å². The summed E-state index contributed by atoms with van der Waals surface area (Å²) in [5.74, 6) is 0.329. The largest absolute Gasteiger partial charge is 0.450 e. The predicted octanol–water partition coefficient (Wildman–Crippen LogP) is 2.80. The highest BCUT2D eigenvalue weighted by Gasteiger charge is 2.20. The van der Waals surface area contributed by atoms with E-state index in [0.717, 1.165) is 28.9 Å². The van der Waals surface area contributed by atoms with E-state index in [4.69, 9.17) is 10.5 Å². The molecule has 178 valence electrons. The third kappa shape index (κ3) is 5.34. The van der Waals surface area contributed by atoms with Crippen LogP contribution in [0.5, 0.6) is 0 Å². The van der Waals surface area contributed by atoms with Crippen molar-refractivity contribution in [2.24, 2.45) is 5.73 Å². The molecule has 34 heavy (non-hydrogen) atoms. The highest BCUT2D eigenvalue weighted by molar-refractivity contribution is 5.94. The Balaban J connectivity index is 1.46. The Hall–Kier alpha value is -3.92. The number of carbonyl (C=O) groups excluding carboxylic acids is 2. The average molecular weight is 464 g/mol. The number of fused-ring (bicyclic) bond motifs is 1. The van der Waals surface area contributed by atoms with Crippen LogP contribution in [-0.4, -0.2) is 64.3 Å². The van der Waals surface area contributed by atoms with Crippen molar-refractivity contribution in [3.63, 3.8) is 0 Å². The first-order valence-electron chi connectivity index (χ1n) is 11.4. The van der Waals surface area contributed by atoms with Crippen LogP contribution < -0.4 is 16.4 Å². The number of rotatable bonds is 8. The predicted molar refractivity (Wildman–Crippen MR) is 130 cm³/mol. The van der Waals surface area contributed by atoms with Crippen LogP contribution in [0.2, 0.25) is 0 Å². The van der Waals surface area contributed by atoms with Gasteiger partial charge in [-0.25, -0.2) is 9.31 Å². The smallest absolute Gasteiger partial charge is 0.410 e. The zero-order valence-electron chi connectivity index (χ0n) is 19.2.